The Morgan fingerprint density at radius 3 is 2.07 bits per heavy atom. The van der Waals surface area contributed by atoms with E-state index in [2.05, 4.69) is 27.9 Å². The molecule has 1 N–H and O–H groups in total. The molecular formula is C24H20INO3. The molecule has 0 spiro atoms. The molecule has 0 saturated carbocycles. The molecule has 1 aliphatic carbocycles. The van der Waals surface area contributed by atoms with Gasteiger partial charge < -0.3 is 10.1 Å². The molecule has 1 aliphatic rings. The molecule has 146 valence electrons. The third-order valence-corrected chi connectivity index (χ3v) is 6.33. The fourth-order valence-corrected chi connectivity index (χ4v) is 4.52. The predicted molar refractivity (Wildman–Crippen MR) is 121 cm³/mol. The van der Waals surface area contributed by atoms with Gasteiger partial charge in [-0.15, -0.1) is 0 Å². The normalized spacial score (nSPS) is 13.3. The second-order valence-electron chi connectivity index (χ2n) is 6.99. The van der Waals surface area contributed by atoms with Gasteiger partial charge in [0.05, 0.1) is 13.0 Å². The zero-order valence-corrected chi connectivity index (χ0v) is 18.1. The summed E-state index contributed by atoms with van der Waals surface area (Å²) in [6.45, 7) is 0. The minimum Gasteiger partial charge on any atom is -0.467 e. The number of amides is 1. The van der Waals surface area contributed by atoms with Crippen LogP contribution in [0.15, 0.2) is 72.8 Å². The minimum absolute atomic E-state index is 0.191. The summed E-state index contributed by atoms with van der Waals surface area (Å²) in [4.78, 5) is 25.8. The van der Waals surface area contributed by atoms with Crippen LogP contribution in [0, 0.1) is 3.57 Å². The maximum absolute atomic E-state index is 13.4. The quantitative estimate of drug-likeness (QED) is 0.423. The highest BCUT2D eigenvalue weighted by molar-refractivity contribution is 14.1. The molecular weight excluding hydrogens is 477 g/mol. The summed E-state index contributed by atoms with van der Waals surface area (Å²) in [5.74, 6) is -1.08. The van der Waals surface area contributed by atoms with Crippen LogP contribution in [0.4, 0.5) is 0 Å². The number of esters is 1. The van der Waals surface area contributed by atoms with Crippen molar-refractivity contribution < 1.29 is 14.3 Å². The Kier molecular flexibility index (Phi) is 5.67. The molecule has 0 unspecified atom stereocenters. The van der Waals surface area contributed by atoms with E-state index in [-0.39, 0.29) is 5.91 Å². The van der Waals surface area contributed by atoms with E-state index in [1.165, 1.54) is 7.11 Å². The molecule has 3 aromatic rings. The van der Waals surface area contributed by atoms with E-state index in [0.29, 0.717) is 6.42 Å². The molecule has 3 aromatic carbocycles. The number of methoxy groups -OCH3 is 1. The Morgan fingerprint density at radius 1 is 0.931 bits per heavy atom. The lowest BCUT2D eigenvalue weighted by molar-refractivity contribution is -0.145. The van der Waals surface area contributed by atoms with Gasteiger partial charge in [0.2, 0.25) is 5.91 Å². The average Bonchev–Trinajstić information content (AvgIpc) is 3.09. The van der Waals surface area contributed by atoms with Gasteiger partial charge in [-0.1, -0.05) is 66.7 Å². The largest absolute Gasteiger partial charge is 0.467 e. The molecule has 0 saturated heterocycles. The zero-order valence-electron chi connectivity index (χ0n) is 15.9. The Morgan fingerprint density at radius 2 is 1.48 bits per heavy atom. The van der Waals surface area contributed by atoms with Crippen LogP contribution in [0.3, 0.4) is 0 Å². The number of hydrogen-bond acceptors (Lipinski definition) is 3. The maximum Gasteiger partial charge on any atom is 0.328 e. The number of halogens is 1. The second kappa shape index (κ2) is 8.37. The third kappa shape index (κ3) is 3.79. The molecule has 0 bridgehead atoms. The van der Waals surface area contributed by atoms with Crippen LogP contribution < -0.4 is 5.32 Å². The molecule has 0 heterocycles. The monoisotopic (exact) mass is 497 g/mol. The van der Waals surface area contributed by atoms with Crippen molar-refractivity contribution in [2.24, 2.45) is 0 Å². The SMILES string of the molecule is COC(=O)[C@@H](Cc1ccccc1I)NC(=O)C1c2ccccc2-c2ccccc21. The fourth-order valence-electron chi connectivity index (χ4n) is 3.91. The summed E-state index contributed by atoms with van der Waals surface area (Å²) in [6, 6.07) is 22.9. The Bertz CT molecular complexity index is 1030. The van der Waals surface area contributed by atoms with Crippen LogP contribution in [-0.4, -0.2) is 25.0 Å². The highest BCUT2D eigenvalue weighted by Gasteiger charge is 2.35. The van der Waals surface area contributed by atoms with Gasteiger partial charge >= 0.3 is 5.97 Å². The zero-order chi connectivity index (χ0) is 20.4. The number of hydrogen-bond donors (Lipinski definition) is 1. The molecule has 4 rings (SSSR count). The summed E-state index contributed by atoms with van der Waals surface area (Å²) in [6.07, 6.45) is 0.382. The van der Waals surface area contributed by atoms with Crippen molar-refractivity contribution in [3.05, 3.63) is 93.1 Å². The summed E-state index contributed by atoms with van der Waals surface area (Å²) in [7, 11) is 1.34. The average molecular weight is 497 g/mol. The molecule has 4 nitrogen and oxygen atoms in total. The number of benzene rings is 3. The summed E-state index contributed by atoms with van der Waals surface area (Å²) < 4.78 is 6.02. The summed E-state index contributed by atoms with van der Waals surface area (Å²) >= 11 is 2.24. The molecule has 0 aromatic heterocycles. The van der Waals surface area contributed by atoms with Crippen molar-refractivity contribution in [1.82, 2.24) is 5.32 Å². The Hall–Kier alpha value is -2.67. The van der Waals surface area contributed by atoms with Crippen LogP contribution in [0.1, 0.15) is 22.6 Å². The number of carbonyl (C=O) groups excluding carboxylic acids is 2. The molecule has 5 heteroatoms. The van der Waals surface area contributed by atoms with Crippen molar-refractivity contribution in [2.75, 3.05) is 7.11 Å². The summed E-state index contributed by atoms with van der Waals surface area (Å²) in [5, 5.41) is 2.95. The first-order valence-corrected chi connectivity index (χ1v) is 10.5. The van der Waals surface area contributed by atoms with Gasteiger partial charge in [-0.05, 0) is 56.5 Å². The number of nitrogens with one attached hydrogen (secondary N) is 1. The lowest BCUT2D eigenvalue weighted by Gasteiger charge is -2.21. The van der Waals surface area contributed by atoms with Crippen LogP contribution in [0.2, 0.25) is 0 Å². The van der Waals surface area contributed by atoms with Crippen LogP contribution in [0.5, 0.6) is 0 Å². The van der Waals surface area contributed by atoms with Crippen LogP contribution in [0.25, 0.3) is 11.1 Å². The molecule has 0 aliphatic heterocycles. The molecule has 0 radical (unpaired) electrons. The lowest BCUT2D eigenvalue weighted by atomic mass is 9.95. The number of rotatable bonds is 5. The topological polar surface area (TPSA) is 55.4 Å². The van der Waals surface area contributed by atoms with Crippen molar-refractivity contribution in [3.63, 3.8) is 0 Å². The number of ether oxygens (including phenoxy) is 1. The van der Waals surface area contributed by atoms with E-state index < -0.39 is 17.9 Å². The van der Waals surface area contributed by atoms with Gasteiger partial charge in [-0.25, -0.2) is 4.79 Å². The molecule has 1 amide bonds. The summed E-state index contributed by atoms with van der Waals surface area (Å²) in [5.41, 5.74) is 5.05. The standard InChI is InChI=1S/C24H20INO3/c1-29-24(28)21(14-15-8-2-7-13-20(15)25)26-23(27)22-18-11-5-3-9-16(18)17-10-4-6-12-19(17)22/h2-13,21-22H,14H2,1H3,(H,26,27)/t21-/m1/s1. The Labute approximate surface area is 183 Å². The van der Waals surface area contributed by atoms with Crippen molar-refractivity contribution in [3.8, 4) is 11.1 Å². The smallest absolute Gasteiger partial charge is 0.328 e. The van der Waals surface area contributed by atoms with Crippen LogP contribution in [-0.2, 0) is 20.7 Å². The fraction of sp³-hybridized carbons (Fsp3) is 0.167. The van der Waals surface area contributed by atoms with Gasteiger partial charge in [-0.2, -0.15) is 0 Å². The predicted octanol–water partition coefficient (Wildman–Crippen LogP) is 4.30. The van der Waals surface area contributed by atoms with Gasteiger partial charge in [-0.3, -0.25) is 4.79 Å². The van der Waals surface area contributed by atoms with Gasteiger partial charge in [0, 0.05) is 9.99 Å². The lowest BCUT2D eigenvalue weighted by Crippen LogP contribution is -2.45. The molecule has 1 atom stereocenters. The third-order valence-electron chi connectivity index (χ3n) is 5.28. The molecule has 0 fully saturated rings. The van der Waals surface area contributed by atoms with E-state index in [0.717, 1.165) is 31.4 Å². The van der Waals surface area contributed by atoms with E-state index in [1.54, 1.807) is 0 Å². The maximum atomic E-state index is 13.4. The van der Waals surface area contributed by atoms with Crippen molar-refractivity contribution >= 4 is 34.5 Å². The second-order valence-corrected chi connectivity index (χ2v) is 8.15. The van der Waals surface area contributed by atoms with Crippen molar-refractivity contribution in [1.29, 1.82) is 0 Å². The van der Waals surface area contributed by atoms with Crippen molar-refractivity contribution in [2.45, 2.75) is 18.4 Å². The van der Waals surface area contributed by atoms with E-state index in [4.69, 9.17) is 4.74 Å². The van der Waals surface area contributed by atoms with Gasteiger partial charge in [0.25, 0.3) is 0 Å². The molecule has 29 heavy (non-hydrogen) atoms. The van der Waals surface area contributed by atoms with E-state index in [1.807, 2.05) is 72.8 Å². The first-order valence-electron chi connectivity index (χ1n) is 9.40. The first-order chi connectivity index (χ1) is 14.1. The number of fused-ring (bicyclic) bond motifs is 3. The Balaban J connectivity index is 1.64. The van der Waals surface area contributed by atoms with E-state index in [9.17, 15) is 9.59 Å². The van der Waals surface area contributed by atoms with E-state index >= 15 is 0 Å². The highest BCUT2D eigenvalue weighted by atomic mass is 127. The van der Waals surface area contributed by atoms with Gasteiger partial charge in [0.15, 0.2) is 0 Å². The number of carbonyl (C=O) groups is 2. The minimum atomic E-state index is -0.747. The first kappa shape index (κ1) is 19.6. The van der Waals surface area contributed by atoms with Crippen LogP contribution >= 0.6 is 22.6 Å². The highest BCUT2D eigenvalue weighted by Crippen LogP contribution is 2.44. The van der Waals surface area contributed by atoms with Gasteiger partial charge in [0.1, 0.15) is 6.04 Å².